The van der Waals surface area contributed by atoms with Crippen molar-refractivity contribution in [2.75, 3.05) is 24.5 Å². The first-order valence-corrected chi connectivity index (χ1v) is 6.96. The van der Waals surface area contributed by atoms with E-state index in [0.717, 1.165) is 25.3 Å². The summed E-state index contributed by atoms with van der Waals surface area (Å²) >= 11 is 0. The van der Waals surface area contributed by atoms with Gasteiger partial charge in [0.15, 0.2) is 0 Å². The standard InChI is InChI=1S/C15H23FN2/c1-3-12-8-14(17-4-2)11-18(10-12)15-7-5-6-13(16)9-15/h5-7,9,12,14,17H,3-4,8,10-11H2,1-2H3. The van der Waals surface area contributed by atoms with E-state index >= 15 is 0 Å². The van der Waals surface area contributed by atoms with Gasteiger partial charge in [0, 0.05) is 24.8 Å². The fourth-order valence-corrected chi connectivity index (χ4v) is 2.82. The van der Waals surface area contributed by atoms with Crippen molar-refractivity contribution in [2.45, 2.75) is 32.7 Å². The molecule has 1 N–H and O–H groups in total. The Morgan fingerprint density at radius 3 is 2.83 bits per heavy atom. The lowest BCUT2D eigenvalue weighted by molar-refractivity contribution is 0.330. The van der Waals surface area contributed by atoms with Crippen LogP contribution in [0.15, 0.2) is 24.3 Å². The molecule has 0 aliphatic carbocycles. The van der Waals surface area contributed by atoms with Gasteiger partial charge in [-0.2, -0.15) is 0 Å². The molecule has 0 bridgehead atoms. The molecule has 1 aliphatic heterocycles. The lowest BCUT2D eigenvalue weighted by Gasteiger charge is -2.39. The molecule has 18 heavy (non-hydrogen) atoms. The van der Waals surface area contributed by atoms with Gasteiger partial charge in [-0.3, -0.25) is 0 Å². The Morgan fingerprint density at radius 1 is 1.33 bits per heavy atom. The smallest absolute Gasteiger partial charge is 0.125 e. The van der Waals surface area contributed by atoms with E-state index in [4.69, 9.17) is 0 Å². The van der Waals surface area contributed by atoms with Gasteiger partial charge in [0.05, 0.1) is 0 Å². The summed E-state index contributed by atoms with van der Waals surface area (Å²) in [5, 5.41) is 3.53. The molecule has 0 saturated carbocycles. The van der Waals surface area contributed by atoms with Gasteiger partial charge in [-0.1, -0.05) is 26.3 Å². The molecule has 1 aliphatic rings. The van der Waals surface area contributed by atoms with Crippen molar-refractivity contribution in [1.29, 1.82) is 0 Å². The van der Waals surface area contributed by atoms with Crippen LogP contribution in [0.2, 0.25) is 0 Å². The fraction of sp³-hybridized carbons (Fsp3) is 0.600. The third kappa shape index (κ3) is 3.22. The number of anilines is 1. The van der Waals surface area contributed by atoms with Gasteiger partial charge in [-0.15, -0.1) is 0 Å². The highest BCUT2D eigenvalue weighted by Gasteiger charge is 2.25. The van der Waals surface area contributed by atoms with Crippen LogP contribution in [-0.4, -0.2) is 25.7 Å². The lowest BCUT2D eigenvalue weighted by atomic mass is 9.91. The molecule has 0 radical (unpaired) electrons. The van der Waals surface area contributed by atoms with Gasteiger partial charge in [-0.05, 0) is 37.1 Å². The van der Waals surface area contributed by atoms with Gasteiger partial charge in [-0.25, -0.2) is 4.39 Å². The highest BCUT2D eigenvalue weighted by Crippen LogP contribution is 2.25. The van der Waals surface area contributed by atoms with E-state index in [0.29, 0.717) is 12.0 Å². The monoisotopic (exact) mass is 250 g/mol. The number of benzene rings is 1. The zero-order valence-electron chi connectivity index (χ0n) is 11.3. The summed E-state index contributed by atoms with van der Waals surface area (Å²) < 4.78 is 13.3. The zero-order valence-corrected chi connectivity index (χ0v) is 11.3. The molecule has 1 saturated heterocycles. The first-order valence-electron chi connectivity index (χ1n) is 6.96. The first kappa shape index (κ1) is 13.3. The highest BCUT2D eigenvalue weighted by atomic mass is 19.1. The number of nitrogens with one attached hydrogen (secondary N) is 1. The van der Waals surface area contributed by atoms with Crippen molar-refractivity contribution in [2.24, 2.45) is 5.92 Å². The van der Waals surface area contributed by atoms with E-state index in [9.17, 15) is 4.39 Å². The van der Waals surface area contributed by atoms with Gasteiger partial charge < -0.3 is 10.2 Å². The largest absolute Gasteiger partial charge is 0.370 e. The van der Waals surface area contributed by atoms with Crippen LogP contribution >= 0.6 is 0 Å². The second-order valence-electron chi connectivity index (χ2n) is 5.15. The summed E-state index contributed by atoms with van der Waals surface area (Å²) in [6.45, 7) is 7.40. The van der Waals surface area contributed by atoms with Crippen molar-refractivity contribution in [1.82, 2.24) is 5.32 Å². The van der Waals surface area contributed by atoms with Gasteiger partial charge in [0.25, 0.3) is 0 Å². The molecule has 100 valence electrons. The minimum absolute atomic E-state index is 0.147. The van der Waals surface area contributed by atoms with Crippen LogP contribution < -0.4 is 10.2 Å². The molecule has 1 fully saturated rings. The quantitative estimate of drug-likeness (QED) is 0.883. The van der Waals surface area contributed by atoms with E-state index < -0.39 is 0 Å². The zero-order chi connectivity index (χ0) is 13.0. The number of halogens is 1. The molecule has 0 aromatic heterocycles. The van der Waals surface area contributed by atoms with Crippen molar-refractivity contribution in [3.05, 3.63) is 30.1 Å². The molecule has 1 aromatic carbocycles. The Kier molecular flexibility index (Phi) is 4.59. The Hall–Kier alpha value is -1.09. The minimum atomic E-state index is -0.147. The molecule has 1 heterocycles. The predicted molar refractivity (Wildman–Crippen MR) is 74.5 cm³/mol. The first-order chi connectivity index (χ1) is 8.72. The maximum atomic E-state index is 13.3. The molecule has 2 nitrogen and oxygen atoms in total. The van der Waals surface area contributed by atoms with Crippen molar-refractivity contribution >= 4 is 5.69 Å². The maximum Gasteiger partial charge on any atom is 0.125 e. The molecule has 2 unspecified atom stereocenters. The summed E-state index contributed by atoms with van der Waals surface area (Å²) in [6.07, 6.45) is 2.42. The van der Waals surface area contributed by atoms with Gasteiger partial charge in [0.1, 0.15) is 5.82 Å². The second kappa shape index (κ2) is 6.19. The lowest BCUT2D eigenvalue weighted by Crippen LogP contribution is -2.49. The Labute approximate surface area is 109 Å². The Balaban J connectivity index is 2.11. The third-order valence-electron chi connectivity index (χ3n) is 3.78. The number of rotatable bonds is 4. The molecule has 3 heteroatoms. The minimum Gasteiger partial charge on any atom is -0.370 e. The number of likely N-dealkylation sites (N-methyl/N-ethyl adjacent to an activating group) is 1. The van der Waals surface area contributed by atoms with Crippen LogP contribution in [0.5, 0.6) is 0 Å². The number of hydrogen-bond donors (Lipinski definition) is 1. The van der Waals surface area contributed by atoms with E-state index in [1.807, 2.05) is 6.07 Å². The van der Waals surface area contributed by atoms with Crippen molar-refractivity contribution in [3.8, 4) is 0 Å². The van der Waals surface area contributed by atoms with Crippen LogP contribution in [0.25, 0.3) is 0 Å². The molecule has 2 atom stereocenters. The topological polar surface area (TPSA) is 15.3 Å². The molecule has 2 rings (SSSR count). The van der Waals surface area contributed by atoms with Crippen LogP contribution in [-0.2, 0) is 0 Å². The summed E-state index contributed by atoms with van der Waals surface area (Å²) in [7, 11) is 0. The fourth-order valence-electron chi connectivity index (χ4n) is 2.82. The molecular weight excluding hydrogens is 227 g/mol. The highest BCUT2D eigenvalue weighted by molar-refractivity contribution is 5.47. The summed E-state index contributed by atoms with van der Waals surface area (Å²) in [4.78, 5) is 2.31. The number of hydrogen-bond acceptors (Lipinski definition) is 2. The van der Waals surface area contributed by atoms with E-state index in [1.165, 1.54) is 18.9 Å². The van der Waals surface area contributed by atoms with Crippen LogP contribution in [0.3, 0.4) is 0 Å². The second-order valence-corrected chi connectivity index (χ2v) is 5.15. The van der Waals surface area contributed by atoms with E-state index in [2.05, 4.69) is 24.1 Å². The number of piperidine rings is 1. The van der Waals surface area contributed by atoms with E-state index in [1.54, 1.807) is 12.1 Å². The molecule has 0 spiro atoms. The Morgan fingerprint density at radius 2 is 2.17 bits per heavy atom. The average Bonchev–Trinajstić information content (AvgIpc) is 2.39. The molecule has 0 amide bonds. The van der Waals surface area contributed by atoms with Crippen LogP contribution in [0.1, 0.15) is 26.7 Å². The van der Waals surface area contributed by atoms with Crippen LogP contribution in [0.4, 0.5) is 10.1 Å². The van der Waals surface area contributed by atoms with E-state index in [-0.39, 0.29) is 5.82 Å². The molecular formula is C15H23FN2. The van der Waals surface area contributed by atoms with Gasteiger partial charge >= 0.3 is 0 Å². The number of nitrogens with zero attached hydrogens (tertiary/aromatic N) is 1. The summed E-state index contributed by atoms with van der Waals surface area (Å²) in [6, 6.07) is 7.47. The summed E-state index contributed by atoms with van der Waals surface area (Å²) in [5.41, 5.74) is 1.01. The predicted octanol–water partition coefficient (Wildman–Crippen LogP) is 3.04. The SMILES string of the molecule is CCNC1CC(CC)CN(c2cccc(F)c2)C1. The van der Waals surface area contributed by atoms with Crippen molar-refractivity contribution < 1.29 is 4.39 Å². The van der Waals surface area contributed by atoms with Gasteiger partial charge in [0.2, 0.25) is 0 Å². The molecule has 1 aromatic rings. The maximum absolute atomic E-state index is 13.3. The van der Waals surface area contributed by atoms with Crippen LogP contribution in [0, 0.1) is 11.7 Å². The third-order valence-corrected chi connectivity index (χ3v) is 3.78. The van der Waals surface area contributed by atoms with Crippen molar-refractivity contribution in [3.63, 3.8) is 0 Å². The normalized spacial score (nSPS) is 24.3. The summed E-state index contributed by atoms with van der Waals surface area (Å²) in [5.74, 6) is 0.553. The average molecular weight is 250 g/mol. The Bertz CT molecular complexity index is 381.